The molecule has 1 aromatic heterocycles. The number of nitrogens with one attached hydrogen (secondary N) is 1. The summed E-state index contributed by atoms with van der Waals surface area (Å²) in [6, 6.07) is 4.15. The van der Waals surface area contributed by atoms with Crippen molar-refractivity contribution in [3.8, 4) is 0 Å². The largest absolute Gasteiger partial charge is 0.465 e. The van der Waals surface area contributed by atoms with Crippen LogP contribution in [0.2, 0.25) is 0 Å². The zero-order valence-electron chi connectivity index (χ0n) is 9.08. The molecule has 1 heterocycles. The van der Waals surface area contributed by atoms with Gasteiger partial charge in [-0.15, -0.1) is 0 Å². The molecular weight excluding hydrogens is 178 g/mol. The van der Waals surface area contributed by atoms with Crippen molar-refractivity contribution < 1.29 is 9.52 Å². The zero-order chi connectivity index (χ0) is 10.6. The fraction of sp³-hybridized carbons (Fsp3) is 0.636. The summed E-state index contributed by atoms with van der Waals surface area (Å²) in [6.45, 7) is 6.59. The molecule has 0 radical (unpaired) electrons. The molecule has 1 aromatic rings. The summed E-state index contributed by atoms with van der Waals surface area (Å²) in [7, 11) is 0. The van der Waals surface area contributed by atoms with E-state index >= 15 is 0 Å². The third-order valence-electron chi connectivity index (χ3n) is 2.20. The van der Waals surface area contributed by atoms with Gasteiger partial charge in [0, 0.05) is 0 Å². The van der Waals surface area contributed by atoms with Gasteiger partial charge in [-0.2, -0.15) is 0 Å². The molecule has 0 aliphatic heterocycles. The highest BCUT2D eigenvalue weighted by molar-refractivity contribution is 5.08. The Kier molecular flexibility index (Phi) is 4.17. The first-order chi connectivity index (χ1) is 6.59. The highest BCUT2D eigenvalue weighted by Gasteiger charge is 2.08. The van der Waals surface area contributed by atoms with E-state index in [2.05, 4.69) is 12.2 Å². The first-order valence-electron chi connectivity index (χ1n) is 5.07. The molecule has 0 amide bonds. The van der Waals surface area contributed by atoms with Gasteiger partial charge in [0.2, 0.25) is 0 Å². The van der Waals surface area contributed by atoms with Crippen LogP contribution < -0.4 is 5.32 Å². The van der Waals surface area contributed by atoms with E-state index in [1.807, 2.05) is 19.1 Å². The fourth-order valence-corrected chi connectivity index (χ4v) is 1.30. The summed E-state index contributed by atoms with van der Waals surface area (Å²) < 4.78 is 5.48. The lowest BCUT2D eigenvalue weighted by molar-refractivity contribution is 0.182. The van der Waals surface area contributed by atoms with Crippen molar-refractivity contribution >= 4 is 0 Å². The molecule has 0 saturated carbocycles. The lowest BCUT2D eigenvalue weighted by Crippen LogP contribution is -2.22. The number of hydrogen-bond donors (Lipinski definition) is 2. The van der Waals surface area contributed by atoms with Crippen LogP contribution in [0.4, 0.5) is 0 Å². The SMILES string of the molecule is Cc1ccc([C@@H](C)NCC[C@H](C)O)o1. The van der Waals surface area contributed by atoms with Crippen LogP contribution in [0.1, 0.15) is 37.8 Å². The molecule has 14 heavy (non-hydrogen) atoms. The second kappa shape index (κ2) is 5.17. The van der Waals surface area contributed by atoms with Gasteiger partial charge in [0.05, 0.1) is 12.1 Å². The molecule has 0 spiro atoms. The number of hydrogen-bond acceptors (Lipinski definition) is 3. The first-order valence-corrected chi connectivity index (χ1v) is 5.07. The van der Waals surface area contributed by atoms with Gasteiger partial charge in [-0.25, -0.2) is 0 Å². The Bertz CT molecular complexity index is 268. The molecule has 0 aliphatic rings. The van der Waals surface area contributed by atoms with Crippen LogP contribution in [0.25, 0.3) is 0 Å². The summed E-state index contributed by atoms with van der Waals surface area (Å²) in [5.41, 5.74) is 0. The molecule has 0 aromatic carbocycles. The van der Waals surface area contributed by atoms with Crippen molar-refractivity contribution in [2.75, 3.05) is 6.54 Å². The lowest BCUT2D eigenvalue weighted by Gasteiger charge is -2.11. The van der Waals surface area contributed by atoms with E-state index in [1.54, 1.807) is 6.92 Å². The van der Waals surface area contributed by atoms with Crippen molar-refractivity contribution in [3.05, 3.63) is 23.7 Å². The lowest BCUT2D eigenvalue weighted by atomic mass is 10.2. The molecule has 3 heteroatoms. The minimum Gasteiger partial charge on any atom is -0.465 e. The maximum absolute atomic E-state index is 9.08. The van der Waals surface area contributed by atoms with Crippen LogP contribution in [0.3, 0.4) is 0 Å². The van der Waals surface area contributed by atoms with Gasteiger partial charge in [-0.3, -0.25) is 0 Å². The molecule has 2 N–H and O–H groups in total. The predicted octanol–water partition coefficient (Wildman–Crippen LogP) is 2.01. The summed E-state index contributed by atoms with van der Waals surface area (Å²) in [4.78, 5) is 0. The average molecular weight is 197 g/mol. The maximum Gasteiger partial charge on any atom is 0.120 e. The second-order valence-corrected chi connectivity index (χ2v) is 3.76. The smallest absolute Gasteiger partial charge is 0.120 e. The topological polar surface area (TPSA) is 45.4 Å². The van der Waals surface area contributed by atoms with Crippen LogP contribution in [0.15, 0.2) is 16.5 Å². The number of rotatable bonds is 5. The highest BCUT2D eigenvalue weighted by Crippen LogP contribution is 2.15. The zero-order valence-corrected chi connectivity index (χ0v) is 9.08. The van der Waals surface area contributed by atoms with E-state index in [1.165, 1.54) is 0 Å². The molecule has 0 aliphatic carbocycles. The summed E-state index contributed by atoms with van der Waals surface area (Å²) in [6.07, 6.45) is 0.525. The van der Waals surface area contributed by atoms with Gasteiger partial charge >= 0.3 is 0 Å². The third kappa shape index (κ3) is 3.52. The van der Waals surface area contributed by atoms with Crippen LogP contribution >= 0.6 is 0 Å². The van der Waals surface area contributed by atoms with E-state index in [9.17, 15) is 0 Å². The number of furan rings is 1. The van der Waals surface area contributed by atoms with Gasteiger partial charge in [0.15, 0.2) is 0 Å². The number of aliphatic hydroxyl groups excluding tert-OH is 1. The Balaban J connectivity index is 2.32. The first kappa shape index (κ1) is 11.3. The Morgan fingerprint density at radius 3 is 2.64 bits per heavy atom. The minimum absolute atomic E-state index is 0.211. The van der Waals surface area contributed by atoms with Crippen LogP contribution in [0, 0.1) is 6.92 Å². The van der Waals surface area contributed by atoms with E-state index in [4.69, 9.17) is 9.52 Å². The van der Waals surface area contributed by atoms with E-state index in [0.717, 1.165) is 24.5 Å². The van der Waals surface area contributed by atoms with E-state index in [0.29, 0.717) is 0 Å². The van der Waals surface area contributed by atoms with Crippen LogP contribution in [-0.2, 0) is 0 Å². The molecule has 3 nitrogen and oxygen atoms in total. The van der Waals surface area contributed by atoms with Crippen molar-refractivity contribution in [3.63, 3.8) is 0 Å². The van der Waals surface area contributed by atoms with E-state index in [-0.39, 0.29) is 12.1 Å². The van der Waals surface area contributed by atoms with Gasteiger partial charge < -0.3 is 14.8 Å². The molecule has 0 fully saturated rings. The van der Waals surface area contributed by atoms with Gasteiger partial charge in [0.25, 0.3) is 0 Å². The monoisotopic (exact) mass is 197 g/mol. The number of aliphatic hydroxyl groups is 1. The Morgan fingerprint density at radius 2 is 2.14 bits per heavy atom. The Hall–Kier alpha value is -0.800. The van der Waals surface area contributed by atoms with E-state index < -0.39 is 0 Å². The van der Waals surface area contributed by atoms with Crippen molar-refractivity contribution in [1.29, 1.82) is 0 Å². The summed E-state index contributed by atoms with van der Waals surface area (Å²) >= 11 is 0. The quantitative estimate of drug-likeness (QED) is 0.759. The van der Waals surface area contributed by atoms with Crippen LogP contribution in [-0.4, -0.2) is 17.8 Å². The molecule has 2 atom stereocenters. The Labute approximate surface area is 85.1 Å². The average Bonchev–Trinajstić information content (AvgIpc) is 2.51. The van der Waals surface area contributed by atoms with Crippen molar-refractivity contribution in [2.24, 2.45) is 0 Å². The molecule has 0 unspecified atom stereocenters. The second-order valence-electron chi connectivity index (χ2n) is 3.76. The molecule has 0 saturated heterocycles. The van der Waals surface area contributed by atoms with Crippen molar-refractivity contribution in [1.82, 2.24) is 5.32 Å². The molecule has 80 valence electrons. The molecular formula is C11H19NO2. The fourth-order valence-electron chi connectivity index (χ4n) is 1.30. The normalized spacial score (nSPS) is 15.4. The Morgan fingerprint density at radius 1 is 1.43 bits per heavy atom. The predicted molar refractivity (Wildman–Crippen MR) is 56.2 cm³/mol. The van der Waals surface area contributed by atoms with Gasteiger partial charge in [0.1, 0.15) is 11.5 Å². The van der Waals surface area contributed by atoms with Gasteiger partial charge in [-0.1, -0.05) is 0 Å². The summed E-state index contributed by atoms with van der Waals surface area (Å²) in [5.74, 6) is 1.89. The maximum atomic E-state index is 9.08. The highest BCUT2D eigenvalue weighted by atomic mass is 16.3. The van der Waals surface area contributed by atoms with Gasteiger partial charge in [-0.05, 0) is 45.9 Å². The standard InChI is InChI=1S/C11H19NO2/c1-8(13)6-7-12-10(3)11-5-4-9(2)14-11/h4-5,8,10,12-13H,6-7H2,1-3H3/t8-,10+/m0/s1. The summed E-state index contributed by atoms with van der Waals surface area (Å²) in [5, 5.41) is 12.4. The molecule has 1 rings (SSSR count). The number of aryl methyl sites for hydroxylation is 1. The minimum atomic E-state index is -0.243. The molecule has 0 bridgehead atoms. The van der Waals surface area contributed by atoms with Crippen LogP contribution in [0.5, 0.6) is 0 Å². The third-order valence-corrected chi connectivity index (χ3v) is 2.20. The van der Waals surface area contributed by atoms with Crippen molar-refractivity contribution in [2.45, 2.75) is 39.3 Å².